The zero-order valence-electron chi connectivity index (χ0n) is 26.8. The summed E-state index contributed by atoms with van der Waals surface area (Å²) in [6, 6.07) is 36.9. The van der Waals surface area contributed by atoms with Crippen LogP contribution in [0.5, 0.6) is 11.5 Å². The molecule has 0 spiro atoms. The van der Waals surface area contributed by atoms with E-state index < -0.39 is 0 Å². The van der Waals surface area contributed by atoms with E-state index in [2.05, 4.69) is 81.5 Å². The second kappa shape index (κ2) is 14.2. The summed E-state index contributed by atoms with van der Waals surface area (Å²) >= 11 is 0. The molecule has 7 rings (SSSR count). The molecule has 2 saturated heterocycles. The van der Waals surface area contributed by atoms with Gasteiger partial charge < -0.3 is 29.5 Å². The number of carbonyl (C=O) groups excluding carboxylic acids is 1. The smallest absolute Gasteiger partial charge is 0.272 e. The van der Waals surface area contributed by atoms with E-state index in [1.54, 1.807) is 0 Å². The molecule has 4 aromatic rings. The monoisotopic (exact) mass is 627 g/mol. The van der Waals surface area contributed by atoms with E-state index >= 15 is 0 Å². The van der Waals surface area contributed by atoms with Crippen molar-refractivity contribution in [1.29, 1.82) is 0 Å². The highest BCUT2D eigenvalue weighted by atomic mass is 16.5. The first-order valence-electron chi connectivity index (χ1n) is 16.5. The molecule has 4 aromatic carbocycles. The van der Waals surface area contributed by atoms with Gasteiger partial charge in [0.05, 0.1) is 18.9 Å². The fraction of sp³-hybridized carbons (Fsp3) is 0.256. The Hall–Kier alpha value is -5.05. The van der Waals surface area contributed by atoms with Crippen LogP contribution in [0, 0.1) is 0 Å². The van der Waals surface area contributed by atoms with E-state index in [0.29, 0.717) is 38.5 Å². The Balaban J connectivity index is 1.34. The van der Waals surface area contributed by atoms with Gasteiger partial charge in [0.15, 0.2) is 0 Å². The number of ether oxygens (including phenoxy) is 2. The van der Waals surface area contributed by atoms with Crippen molar-refractivity contribution < 1.29 is 14.3 Å². The predicted molar refractivity (Wildman–Crippen MR) is 187 cm³/mol. The molecule has 0 aliphatic carbocycles. The maximum absolute atomic E-state index is 14.7. The molecule has 8 nitrogen and oxygen atoms in total. The molecule has 1 amide bonds. The van der Waals surface area contributed by atoms with Gasteiger partial charge in [0.1, 0.15) is 23.0 Å². The molecule has 0 bridgehead atoms. The number of nitrogens with one attached hydrogen (secondary N) is 1. The third-order valence-electron chi connectivity index (χ3n) is 8.82. The maximum atomic E-state index is 14.7. The molecule has 0 aromatic heterocycles. The van der Waals surface area contributed by atoms with Gasteiger partial charge in [-0.25, -0.2) is 0 Å². The highest BCUT2D eigenvalue weighted by Gasteiger charge is 2.41. The lowest BCUT2D eigenvalue weighted by Crippen LogP contribution is -2.48. The number of benzene rings is 4. The van der Waals surface area contributed by atoms with Crippen LogP contribution in [0.25, 0.3) is 5.70 Å². The zero-order valence-corrected chi connectivity index (χ0v) is 26.8. The van der Waals surface area contributed by atoms with Gasteiger partial charge in [-0.15, -0.1) is 0 Å². The van der Waals surface area contributed by atoms with E-state index in [-0.39, 0.29) is 5.91 Å². The van der Waals surface area contributed by atoms with Gasteiger partial charge in [0.2, 0.25) is 0 Å². The molecule has 47 heavy (non-hydrogen) atoms. The Morgan fingerprint density at radius 3 is 2.21 bits per heavy atom. The highest BCUT2D eigenvalue weighted by Crippen LogP contribution is 2.44. The van der Waals surface area contributed by atoms with E-state index in [4.69, 9.17) is 9.47 Å². The largest absolute Gasteiger partial charge is 0.457 e. The third kappa shape index (κ3) is 6.61. The summed E-state index contributed by atoms with van der Waals surface area (Å²) in [7, 11) is 0. The van der Waals surface area contributed by atoms with Crippen LogP contribution in [0.3, 0.4) is 0 Å². The van der Waals surface area contributed by atoms with Crippen molar-refractivity contribution in [3.05, 3.63) is 138 Å². The van der Waals surface area contributed by atoms with Crippen molar-refractivity contribution in [3.8, 4) is 11.5 Å². The minimum Gasteiger partial charge on any atom is -0.457 e. The van der Waals surface area contributed by atoms with E-state index in [0.717, 1.165) is 71.7 Å². The summed E-state index contributed by atoms with van der Waals surface area (Å²) in [5.41, 5.74) is 5.75. The van der Waals surface area contributed by atoms with Crippen molar-refractivity contribution >= 4 is 23.0 Å². The number of allylic oxidation sites excluding steroid dienone is 1. The van der Waals surface area contributed by atoms with Gasteiger partial charge in [-0.05, 0) is 61.0 Å². The van der Waals surface area contributed by atoms with Gasteiger partial charge >= 0.3 is 0 Å². The number of amides is 1. The second-order valence-corrected chi connectivity index (χ2v) is 11.9. The average Bonchev–Trinajstić information content (AvgIpc) is 3.46. The molecule has 1 N–H and O–H groups in total. The Morgan fingerprint density at radius 2 is 1.47 bits per heavy atom. The normalized spacial score (nSPS) is 17.9. The topological polar surface area (TPSA) is 60.5 Å². The number of rotatable bonds is 8. The van der Waals surface area contributed by atoms with Crippen molar-refractivity contribution in [3.63, 3.8) is 0 Å². The van der Waals surface area contributed by atoms with E-state index in [1.807, 2.05) is 65.6 Å². The van der Waals surface area contributed by atoms with Crippen LogP contribution < -0.4 is 19.9 Å². The van der Waals surface area contributed by atoms with Crippen LogP contribution in [0.4, 0.5) is 11.4 Å². The van der Waals surface area contributed by atoms with Crippen molar-refractivity contribution in [2.24, 2.45) is 0 Å². The molecule has 8 heteroatoms. The van der Waals surface area contributed by atoms with Crippen molar-refractivity contribution in [1.82, 2.24) is 15.1 Å². The van der Waals surface area contributed by atoms with Crippen LogP contribution >= 0.6 is 0 Å². The van der Waals surface area contributed by atoms with Gasteiger partial charge in [-0.3, -0.25) is 9.69 Å². The van der Waals surface area contributed by atoms with Gasteiger partial charge in [0.25, 0.3) is 5.91 Å². The van der Waals surface area contributed by atoms with Crippen molar-refractivity contribution in [2.45, 2.75) is 13.5 Å². The molecule has 3 heterocycles. The molecular weight excluding hydrogens is 586 g/mol. The average molecular weight is 628 g/mol. The highest BCUT2D eigenvalue weighted by molar-refractivity contribution is 6.06. The fourth-order valence-electron chi connectivity index (χ4n) is 6.55. The number of piperazine rings is 1. The molecule has 3 aliphatic heterocycles. The standard InChI is InChI=1S/C39H41N5O3/c1-2-36-43(29-30-11-9-18-35(27-30)47-34-16-7-4-8-17-34)38(39(45)42-21-19-40-20-22-42)37(31-12-5-3-6-13-31)44(36)33-15-10-14-32(28-33)41-23-25-46-26-24-41/h2-18,27-28,40H,19-26,29H2,1H3/b36-2-. The fourth-order valence-corrected chi connectivity index (χ4v) is 6.55. The molecule has 240 valence electrons. The number of hydrogen-bond donors (Lipinski definition) is 1. The molecular formula is C39H41N5O3. The van der Waals surface area contributed by atoms with Crippen LogP contribution in [-0.2, 0) is 16.1 Å². The van der Waals surface area contributed by atoms with Crippen LogP contribution in [0.2, 0.25) is 0 Å². The molecule has 0 radical (unpaired) electrons. The predicted octanol–water partition coefficient (Wildman–Crippen LogP) is 6.30. The van der Waals surface area contributed by atoms with E-state index in [9.17, 15) is 4.79 Å². The lowest BCUT2D eigenvalue weighted by atomic mass is 10.1. The lowest BCUT2D eigenvalue weighted by Gasteiger charge is -2.32. The Labute approximate surface area is 277 Å². The van der Waals surface area contributed by atoms with Crippen LogP contribution in [0.1, 0.15) is 18.1 Å². The lowest BCUT2D eigenvalue weighted by molar-refractivity contribution is -0.129. The number of hydrogen-bond acceptors (Lipinski definition) is 7. The molecule has 0 saturated carbocycles. The van der Waals surface area contributed by atoms with E-state index in [1.165, 1.54) is 0 Å². The summed E-state index contributed by atoms with van der Waals surface area (Å²) in [6.45, 7) is 8.56. The first-order valence-corrected chi connectivity index (χ1v) is 16.5. The summed E-state index contributed by atoms with van der Waals surface area (Å²) in [5, 5.41) is 3.40. The Kier molecular flexibility index (Phi) is 9.21. The molecule has 0 unspecified atom stereocenters. The first-order chi connectivity index (χ1) is 23.2. The Morgan fingerprint density at radius 1 is 0.787 bits per heavy atom. The minimum atomic E-state index is 0.0354. The summed E-state index contributed by atoms with van der Waals surface area (Å²) in [6.07, 6.45) is 2.12. The van der Waals surface area contributed by atoms with Gasteiger partial charge in [-0.1, -0.05) is 66.7 Å². The summed E-state index contributed by atoms with van der Waals surface area (Å²) in [5.74, 6) is 2.52. The molecule has 2 fully saturated rings. The molecule has 3 aliphatic rings. The van der Waals surface area contributed by atoms with Gasteiger partial charge in [0, 0.05) is 62.8 Å². The number of para-hydroxylation sites is 1. The number of carbonyl (C=O) groups is 1. The maximum Gasteiger partial charge on any atom is 0.272 e. The first kappa shape index (κ1) is 30.6. The quantitative estimate of drug-likeness (QED) is 0.246. The minimum absolute atomic E-state index is 0.0354. The zero-order chi connectivity index (χ0) is 32.0. The van der Waals surface area contributed by atoms with Crippen molar-refractivity contribution in [2.75, 3.05) is 62.3 Å². The second-order valence-electron chi connectivity index (χ2n) is 11.9. The molecule has 0 atom stereocenters. The number of anilines is 2. The van der Waals surface area contributed by atoms with Crippen LogP contribution in [-0.4, -0.2) is 68.2 Å². The van der Waals surface area contributed by atoms with Crippen LogP contribution in [0.15, 0.2) is 127 Å². The summed E-state index contributed by atoms with van der Waals surface area (Å²) in [4.78, 5) is 23.5. The third-order valence-corrected chi connectivity index (χ3v) is 8.82. The number of nitrogens with zero attached hydrogens (tertiary/aromatic N) is 4. The SMILES string of the molecule is C/C=C1/N(Cc2cccc(Oc3ccccc3)c2)C(C(=O)N2CCNCC2)=C(c2ccccc2)N1c1cccc(N2CCOCC2)c1. The number of morpholine rings is 1. The van der Waals surface area contributed by atoms with Gasteiger partial charge in [-0.2, -0.15) is 0 Å². The Bertz CT molecular complexity index is 1740. The summed E-state index contributed by atoms with van der Waals surface area (Å²) < 4.78 is 11.8.